The molecule has 0 saturated carbocycles. The summed E-state index contributed by atoms with van der Waals surface area (Å²) in [6.07, 6.45) is 3.19. The Labute approximate surface area is 151 Å². The molecule has 0 unspecified atom stereocenters. The van der Waals surface area contributed by atoms with Crippen molar-refractivity contribution >= 4 is 11.8 Å². The summed E-state index contributed by atoms with van der Waals surface area (Å²) >= 11 is 0. The van der Waals surface area contributed by atoms with E-state index in [4.69, 9.17) is 0 Å². The van der Waals surface area contributed by atoms with Crippen LogP contribution in [0.15, 0.2) is 24.3 Å². The molecule has 0 bridgehead atoms. The monoisotopic (exact) mass is 345 g/mol. The lowest BCUT2D eigenvalue weighted by molar-refractivity contribution is -0.125. The van der Waals surface area contributed by atoms with Gasteiger partial charge in [-0.25, -0.2) is 0 Å². The molecule has 0 aromatic heterocycles. The molecule has 2 N–H and O–H groups in total. The van der Waals surface area contributed by atoms with Crippen molar-refractivity contribution in [3.63, 3.8) is 0 Å². The van der Waals surface area contributed by atoms with Crippen molar-refractivity contribution in [2.45, 2.75) is 52.6 Å². The molecular formula is C20H31N3O2. The second-order valence-corrected chi connectivity index (χ2v) is 7.47. The van der Waals surface area contributed by atoms with Crippen LogP contribution in [0.25, 0.3) is 0 Å². The topological polar surface area (TPSA) is 61.4 Å². The molecule has 5 nitrogen and oxygen atoms in total. The first-order valence-corrected chi connectivity index (χ1v) is 9.26. The first-order chi connectivity index (χ1) is 11.9. The molecule has 138 valence electrons. The summed E-state index contributed by atoms with van der Waals surface area (Å²) in [6, 6.07) is 9.06. The van der Waals surface area contributed by atoms with Crippen LogP contribution in [0, 0.1) is 5.92 Å². The van der Waals surface area contributed by atoms with E-state index in [1.807, 2.05) is 0 Å². The van der Waals surface area contributed by atoms with Crippen molar-refractivity contribution in [3.05, 3.63) is 35.4 Å². The molecule has 1 aromatic carbocycles. The minimum absolute atomic E-state index is 0.0587. The van der Waals surface area contributed by atoms with Gasteiger partial charge in [0.2, 0.25) is 11.8 Å². The standard InChI is InChI=1S/C20H31N3O2/c1-15(2)11-17-6-8-18(9-7-17)13-23-10-4-5-19(14-23)22-20(25)12-21-16(3)24/h6-9,15,19H,4-5,10-14H2,1-3H3,(H,21,24)(H,22,25)/t19-/m1/s1. The van der Waals surface area contributed by atoms with Gasteiger partial charge in [-0.3, -0.25) is 14.5 Å². The third kappa shape index (κ3) is 7.26. The van der Waals surface area contributed by atoms with Crippen molar-refractivity contribution in [1.82, 2.24) is 15.5 Å². The van der Waals surface area contributed by atoms with Gasteiger partial charge in [0.15, 0.2) is 0 Å². The number of amides is 2. The van der Waals surface area contributed by atoms with E-state index < -0.39 is 0 Å². The SMILES string of the molecule is CC(=O)NCC(=O)N[C@@H]1CCCN(Cc2ccc(CC(C)C)cc2)C1. The van der Waals surface area contributed by atoms with Crippen LogP contribution in [0.5, 0.6) is 0 Å². The van der Waals surface area contributed by atoms with Crippen molar-refractivity contribution in [1.29, 1.82) is 0 Å². The number of benzene rings is 1. The van der Waals surface area contributed by atoms with Crippen LogP contribution in [0.2, 0.25) is 0 Å². The second-order valence-electron chi connectivity index (χ2n) is 7.47. The van der Waals surface area contributed by atoms with Crippen LogP contribution in [-0.2, 0) is 22.6 Å². The van der Waals surface area contributed by atoms with E-state index in [1.54, 1.807) is 0 Å². The Hall–Kier alpha value is -1.88. The number of carbonyl (C=O) groups is 2. The first kappa shape index (κ1) is 19.4. The summed E-state index contributed by atoms with van der Waals surface area (Å²) in [7, 11) is 0. The Kier molecular flexibility index (Phi) is 7.44. The zero-order valence-electron chi connectivity index (χ0n) is 15.7. The molecule has 0 aliphatic carbocycles. The number of piperidine rings is 1. The molecule has 5 heteroatoms. The number of likely N-dealkylation sites (tertiary alicyclic amines) is 1. The molecule has 2 amide bonds. The summed E-state index contributed by atoms with van der Waals surface area (Å²) in [4.78, 5) is 25.1. The third-order valence-corrected chi connectivity index (χ3v) is 4.44. The highest BCUT2D eigenvalue weighted by Crippen LogP contribution is 2.15. The van der Waals surface area contributed by atoms with Crippen LogP contribution in [-0.4, -0.2) is 42.4 Å². The lowest BCUT2D eigenvalue weighted by Crippen LogP contribution is -2.49. The van der Waals surface area contributed by atoms with Crippen LogP contribution < -0.4 is 10.6 Å². The molecule has 2 rings (SSSR count). The predicted molar refractivity (Wildman–Crippen MR) is 100 cm³/mol. The Morgan fingerprint density at radius 3 is 2.52 bits per heavy atom. The van der Waals surface area contributed by atoms with E-state index in [0.717, 1.165) is 38.9 Å². The van der Waals surface area contributed by atoms with E-state index in [2.05, 4.69) is 53.6 Å². The smallest absolute Gasteiger partial charge is 0.239 e. The Balaban J connectivity index is 1.80. The first-order valence-electron chi connectivity index (χ1n) is 9.26. The molecule has 25 heavy (non-hydrogen) atoms. The number of nitrogens with one attached hydrogen (secondary N) is 2. The van der Waals surface area contributed by atoms with Gasteiger partial charge < -0.3 is 10.6 Å². The summed E-state index contributed by atoms with van der Waals surface area (Å²) in [5.41, 5.74) is 2.71. The number of rotatable bonds is 7. The van der Waals surface area contributed by atoms with Crippen molar-refractivity contribution < 1.29 is 9.59 Å². The number of nitrogens with zero attached hydrogens (tertiary/aromatic N) is 1. The van der Waals surface area contributed by atoms with Crippen molar-refractivity contribution in [2.24, 2.45) is 5.92 Å². The molecule has 1 fully saturated rings. The lowest BCUT2D eigenvalue weighted by Gasteiger charge is -2.33. The minimum atomic E-state index is -0.179. The Morgan fingerprint density at radius 2 is 1.88 bits per heavy atom. The van der Waals surface area contributed by atoms with Gasteiger partial charge >= 0.3 is 0 Å². The van der Waals surface area contributed by atoms with Gasteiger partial charge in [0.05, 0.1) is 6.54 Å². The molecule has 1 aliphatic heterocycles. The molecule has 0 spiro atoms. The third-order valence-electron chi connectivity index (χ3n) is 4.44. The maximum absolute atomic E-state index is 11.9. The molecular weight excluding hydrogens is 314 g/mol. The van der Waals surface area contributed by atoms with E-state index in [9.17, 15) is 9.59 Å². The van der Waals surface area contributed by atoms with Gasteiger partial charge in [-0.15, -0.1) is 0 Å². The van der Waals surface area contributed by atoms with Gasteiger partial charge in [0, 0.05) is 26.1 Å². The summed E-state index contributed by atoms with van der Waals surface area (Å²) < 4.78 is 0. The lowest BCUT2D eigenvalue weighted by atomic mass is 10.0. The average molecular weight is 345 g/mol. The fourth-order valence-electron chi connectivity index (χ4n) is 3.31. The maximum atomic E-state index is 11.9. The molecule has 1 saturated heterocycles. The zero-order valence-corrected chi connectivity index (χ0v) is 15.7. The van der Waals surface area contributed by atoms with Gasteiger partial charge in [0.1, 0.15) is 0 Å². The molecule has 1 heterocycles. The predicted octanol–water partition coefficient (Wildman–Crippen LogP) is 2.10. The van der Waals surface area contributed by atoms with Crippen LogP contribution >= 0.6 is 0 Å². The fraction of sp³-hybridized carbons (Fsp3) is 0.600. The molecule has 0 radical (unpaired) electrons. The second kappa shape index (κ2) is 9.56. The highest BCUT2D eigenvalue weighted by Gasteiger charge is 2.21. The molecule has 1 aliphatic rings. The van der Waals surface area contributed by atoms with E-state index in [-0.39, 0.29) is 24.4 Å². The van der Waals surface area contributed by atoms with Gasteiger partial charge in [-0.2, -0.15) is 0 Å². The summed E-state index contributed by atoms with van der Waals surface area (Å²) in [5.74, 6) is 0.385. The van der Waals surface area contributed by atoms with Gasteiger partial charge in [0.25, 0.3) is 0 Å². The van der Waals surface area contributed by atoms with Crippen LogP contribution in [0.1, 0.15) is 44.7 Å². The number of carbonyl (C=O) groups excluding carboxylic acids is 2. The quantitative estimate of drug-likeness (QED) is 0.796. The maximum Gasteiger partial charge on any atom is 0.239 e. The Morgan fingerprint density at radius 1 is 1.20 bits per heavy atom. The van der Waals surface area contributed by atoms with Gasteiger partial charge in [-0.1, -0.05) is 38.1 Å². The average Bonchev–Trinajstić information content (AvgIpc) is 2.55. The zero-order chi connectivity index (χ0) is 18.2. The van der Waals surface area contributed by atoms with E-state index in [0.29, 0.717) is 5.92 Å². The fourth-order valence-corrected chi connectivity index (χ4v) is 3.31. The van der Waals surface area contributed by atoms with Gasteiger partial charge in [-0.05, 0) is 42.9 Å². The number of hydrogen-bond acceptors (Lipinski definition) is 3. The largest absolute Gasteiger partial charge is 0.351 e. The van der Waals surface area contributed by atoms with Crippen molar-refractivity contribution in [3.8, 4) is 0 Å². The van der Waals surface area contributed by atoms with Crippen molar-refractivity contribution in [2.75, 3.05) is 19.6 Å². The molecule has 1 atom stereocenters. The minimum Gasteiger partial charge on any atom is -0.351 e. The Bertz CT molecular complexity index is 569. The van der Waals surface area contributed by atoms with E-state index in [1.165, 1.54) is 18.1 Å². The summed E-state index contributed by atoms with van der Waals surface area (Å²) in [6.45, 7) is 8.79. The van der Waals surface area contributed by atoms with Crippen LogP contribution in [0.4, 0.5) is 0 Å². The number of hydrogen-bond donors (Lipinski definition) is 2. The van der Waals surface area contributed by atoms with Crippen LogP contribution in [0.3, 0.4) is 0 Å². The van der Waals surface area contributed by atoms with E-state index >= 15 is 0 Å². The highest BCUT2D eigenvalue weighted by molar-refractivity contribution is 5.83. The molecule has 1 aromatic rings. The highest BCUT2D eigenvalue weighted by atomic mass is 16.2. The summed E-state index contributed by atoms with van der Waals surface area (Å²) in [5, 5.41) is 5.57. The normalized spacial score (nSPS) is 18.2.